The van der Waals surface area contributed by atoms with E-state index in [4.69, 9.17) is 13.8 Å². The second kappa shape index (κ2) is 19.0. The molecule has 0 unspecified atom stereocenters. The molecule has 12 aromatic rings. The summed E-state index contributed by atoms with van der Waals surface area (Å²) in [6.07, 6.45) is 1.87. The largest absolute Gasteiger partial charge is 2.00 e. The molecule has 2 aliphatic rings. The molecule has 1 aliphatic heterocycles. The van der Waals surface area contributed by atoms with Gasteiger partial charge in [0, 0.05) is 35.3 Å². The van der Waals surface area contributed by atoms with Gasteiger partial charge in [0.25, 0.3) is 11.4 Å². The Morgan fingerprint density at radius 3 is 1.90 bits per heavy atom. The molecule has 0 saturated heterocycles. The molecule has 77 heavy (non-hydrogen) atoms. The molecular weight excluding hydrogens is 1120 g/mol. The summed E-state index contributed by atoms with van der Waals surface area (Å²) in [5, 5.41) is 2.11. The minimum absolute atomic E-state index is 0. The first-order valence-electron chi connectivity index (χ1n) is 28.0. The van der Waals surface area contributed by atoms with Gasteiger partial charge in [-0.3, -0.25) is 0 Å². The quantitative estimate of drug-likeness (QED) is 0.107. The molecule has 5 nitrogen and oxygen atoms in total. The van der Waals surface area contributed by atoms with Crippen LogP contribution in [0.4, 0.5) is 22.7 Å². The minimum atomic E-state index is -0.615. The van der Waals surface area contributed by atoms with E-state index in [2.05, 4.69) is 177 Å². The molecule has 2 aromatic heterocycles. The Hall–Kier alpha value is -8.98. The number of fused-ring (bicyclic) bond motifs is 7. The first kappa shape index (κ1) is 42.3. The topological polar surface area (TPSA) is 33.1 Å². The van der Waals surface area contributed by atoms with Gasteiger partial charge in [-0.1, -0.05) is 213 Å². The van der Waals surface area contributed by atoms with Crippen molar-refractivity contribution in [1.82, 2.24) is 18.7 Å². The van der Waals surface area contributed by atoms with Crippen molar-refractivity contribution in [3.05, 3.63) is 289 Å². The van der Waals surface area contributed by atoms with Crippen molar-refractivity contribution in [3.8, 4) is 50.7 Å². The molecular formula is C71H50N4OPt+2. The van der Waals surface area contributed by atoms with Crippen LogP contribution in [0.1, 0.15) is 55.4 Å². The van der Waals surface area contributed by atoms with Crippen molar-refractivity contribution < 1.29 is 32.7 Å². The number of hydrogen-bond donors (Lipinski definition) is 0. The van der Waals surface area contributed by atoms with E-state index in [-0.39, 0.29) is 44.1 Å². The van der Waals surface area contributed by atoms with E-state index in [1.165, 1.54) is 27.8 Å². The molecule has 0 radical (unpaired) electrons. The van der Waals surface area contributed by atoms with Gasteiger partial charge in [0.05, 0.1) is 23.4 Å². The molecule has 0 atom stereocenters. The van der Waals surface area contributed by atoms with Crippen LogP contribution >= 0.6 is 0 Å². The molecule has 0 saturated carbocycles. The van der Waals surface area contributed by atoms with E-state index >= 15 is 0 Å². The zero-order valence-electron chi connectivity index (χ0n) is 47.3. The van der Waals surface area contributed by atoms with Crippen LogP contribution < -0.4 is 13.9 Å². The number of ether oxygens (including phenoxy) is 1. The SMILES string of the molecule is [2H]c1c([2H])c([2H])c(-c2cccc(-c3ccc(C4(c5ccccc5)c5ccccc5-c5ccccc54)cc3)c2[N+]2=C=[N+](c3[c-]c(Oc4[c-]c5c(cc4)c4ccccc4n5-c4cc(C(C)(C)C)ccn4)ccc3)c3ccccc32)c([2H])c1[2H].[Pt+2]. The monoisotopic (exact) mass is 1170 g/mol. The molecule has 0 fully saturated rings. The molecule has 1 aliphatic carbocycles. The van der Waals surface area contributed by atoms with Gasteiger partial charge in [-0.15, -0.1) is 23.6 Å². The van der Waals surface area contributed by atoms with E-state index < -0.39 is 23.5 Å². The van der Waals surface area contributed by atoms with Crippen LogP contribution in [-0.2, 0) is 31.9 Å². The van der Waals surface area contributed by atoms with Gasteiger partial charge < -0.3 is 9.30 Å². The Balaban J connectivity index is 0.00000631. The predicted molar refractivity (Wildman–Crippen MR) is 310 cm³/mol. The van der Waals surface area contributed by atoms with Crippen molar-refractivity contribution in [1.29, 1.82) is 0 Å². The number of benzene rings is 10. The van der Waals surface area contributed by atoms with E-state index in [9.17, 15) is 2.74 Å². The van der Waals surface area contributed by atoms with Gasteiger partial charge in [0.15, 0.2) is 0 Å². The van der Waals surface area contributed by atoms with Crippen LogP contribution in [0.3, 0.4) is 0 Å². The van der Waals surface area contributed by atoms with Crippen molar-refractivity contribution in [2.75, 3.05) is 0 Å². The average molecular weight is 1180 g/mol. The molecule has 0 bridgehead atoms. The van der Waals surface area contributed by atoms with Gasteiger partial charge >= 0.3 is 27.1 Å². The van der Waals surface area contributed by atoms with E-state index in [1.807, 2.05) is 94.2 Å². The maximum absolute atomic E-state index is 9.31. The van der Waals surface area contributed by atoms with Crippen LogP contribution in [-0.4, -0.2) is 15.6 Å². The third kappa shape index (κ3) is 7.85. The van der Waals surface area contributed by atoms with Gasteiger partial charge in [-0.05, 0) is 95.8 Å². The zero-order chi connectivity index (χ0) is 55.3. The van der Waals surface area contributed by atoms with Gasteiger partial charge in [-0.2, -0.15) is 12.1 Å². The van der Waals surface area contributed by atoms with Crippen LogP contribution in [0.15, 0.2) is 249 Å². The maximum atomic E-state index is 9.31. The molecule has 368 valence electrons. The van der Waals surface area contributed by atoms with Gasteiger partial charge in [0.1, 0.15) is 11.5 Å². The summed E-state index contributed by atoms with van der Waals surface area (Å²) in [7, 11) is 0. The number of hydrogen-bond acceptors (Lipinski definition) is 2. The summed E-state index contributed by atoms with van der Waals surface area (Å²) in [5.74, 6) is 1.75. The van der Waals surface area contributed by atoms with Crippen molar-refractivity contribution in [2.24, 2.45) is 0 Å². The molecule has 3 heterocycles. The van der Waals surface area contributed by atoms with Crippen molar-refractivity contribution in [2.45, 2.75) is 31.6 Å². The van der Waals surface area contributed by atoms with Gasteiger partial charge in [-0.25, -0.2) is 4.98 Å². The fraction of sp³-hybridized carbons (Fsp3) is 0.0704. The summed E-state index contributed by atoms with van der Waals surface area (Å²) in [5.41, 5.74) is 14.3. The maximum Gasteiger partial charge on any atom is 2.00 e. The molecule has 14 rings (SSSR count). The summed E-state index contributed by atoms with van der Waals surface area (Å²) in [6.45, 7) is 6.60. The Bertz CT molecular complexity index is 4580. The molecule has 10 aromatic carbocycles. The van der Waals surface area contributed by atoms with E-state index in [1.54, 1.807) is 0 Å². The second-order valence-electron chi connectivity index (χ2n) is 20.3. The van der Waals surface area contributed by atoms with Crippen LogP contribution in [0.2, 0.25) is 0 Å². The van der Waals surface area contributed by atoms with Crippen LogP contribution in [0.25, 0.3) is 61.0 Å². The number of nitrogens with zero attached hydrogens (tertiary/aromatic N) is 4. The third-order valence-electron chi connectivity index (χ3n) is 15.0. The predicted octanol–water partition coefficient (Wildman–Crippen LogP) is 17.4. The molecule has 0 spiro atoms. The first-order chi connectivity index (χ1) is 39.4. The number of aromatic nitrogens is 2. The molecule has 0 N–H and O–H groups in total. The Labute approximate surface area is 470 Å². The molecule has 6 heteroatoms. The number of para-hydroxylation sites is 4. The Kier molecular flexibility index (Phi) is 10.4. The van der Waals surface area contributed by atoms with Crippen LogP contribution in [0.5, 0.6) is 11.5 Å². The zero-order valence-corrected chi connectivity index (χ0v) is 44.6. The molecule has 0 amide bonds. The van der Waals surface area contributed by atoms with E-state index in [0.29, 0.717) is 28.4 Å². The first-order valence-corrected chi connectivity index (χ1v) is 25.5. The second-order valence-corrected chi connectivity index (χ2v) is 20.3. The number of pyridine rings is 1. The third-order valence-corrected chi connectivity index (χ3v) is 15.0. The normalized spacial score (nSPS) is 14.0. The Morgan fingerprint density at radius 1 is 0.545 bits per heavy atom. The van der Waals surface area contributed by atoms with E-state index in [0.717, 1.165) is 61.3 Å². The standard InChI is InChI=1S/C71H50N4O.Pt/c1-70(2,3)52-42-43-72-68(44-52)75-64-33-15-12-28-60(64)61-41-40-55(46-67(61)75)76-54-25-18-24-53(45-54)73-47-74(66-35-17-16-34-65(66)73)69-56(48-20-6-4-7-21-48)29-19-30-57(69)49-36-38-51(39-37-49)71(50-22-8-5-9-23-50)62-31-13-10-26-58(62)59-27-11-14-32-63(59)71;/h4-44H,1-3H3;/q;+2/i4D,6D,7D,20D,21D;. The summed E-state index contributed by atoms with van der Waals surface area (Å²) >= 11 is 0. The Morgan fingerprint density at radius 2 is 1.16 bits per heavy atom. The summed E-state index contributed by atoms with van der Waals surface area (Å²) < 4.78 is 57.5. The minimum Gasteiger partial charge on any atom is -0.509 e. The fourth-order valence-electron chi connectivity index (χ4n) is 11.5. The van der Waals surface area contributed by atoms with Gasteiger partial charge in [0.2, 0.25) is 5.69 Å². The van der Waals surface area contributed by atoms with Crippen molar-refractivity contribution in [3.63, 3.8) is 0 Å². The van der Waals surface area contributed by atoms with Crippen molar-refractivity contribution >= 4 is 50.6 Å². The smallest absolute Gasteiger partial charge is 0.509 e. The fourth-order valence-corrected chi connectivity index (χ4v) is 11.5. The van der Waals surface area contributed by atoms with Crippen LogP contribution in [0, 0.1) is 12.1 Å². The summed E-state index contributed by atoms with van der Waals surface area (Å²) in [4.78, 5) is 4.86. The average Bonchev–Trinajstić information content (AvgIpc) is 2.39. The summed E-state index contributed by atoms with van der Waals surface area (Å²) in [6, 6.07) is 81.5. The number of rotatable bonds is 9.